The van der Waals surface area contributed by atoms with E-state index in [4.69, 9.17) is 4.74 Å². The van der Waals surface area contributed by atoms with Crippen molar-refractivity contribution in [2.75, 3.05) is 0 Å². The summed E-state index contributed by atoms with van der Waals surface area (Å²) >= 11 is 0. The molecule has 1 aliphatic rings. The molecule has 0 aliphatic carbocycles. The van der Waals surface area contributed by atoms with Crippen molar-refractivity contribution in [1.29, 1.82) is 0 Å². The van der Waals surface area contributed by atoms with Gasteiger partial charge < -0.3 is 9.84 Å². The van der Waals surface area contributed by atoms with Crippen molar-refractivity contribution >= 4 is 5.97 Å². The van der Waals surface area contributed by atoms with E-state index in [1.165, 1.54) is 103 Å². The first-order valence-corrected chi connectivity index (χ1v) is 12.0. The highest BCUT2D eigenvalue weighted by atomic mass is 16.6. The van der Waals surface area contributed by atoms with E-state index < -0.39 is 12.1 Å². The van der Waals surface area contributed by atoms with Crippen LogP contribution in [0.1, 0.15) is 122 Å². The van der Waals surface area contributed by atoms with Gasteiger partial charge in [-0.3, -0.25) is 0 Å². The summed E-state index contributed by atoms with van der Waals surface area (Å²) in [6.45, 7) is 5.81. The molecular formula is C25H44O3. The van der Waals surface area contributed by atoms with Gasteiger partial charge >= 0.3 is 5.97 Å². The van der Waals surface area contributed by atoms with Crippen LogP contribution in [0.3, 0.4) is 0 Å². The monoisotopic (exact) mass is 392 g/mol. The molecule has 162 valence electrons. The first kappa shape index (κ1) is 24.9. The van der Waals surface area contributed by atoms with Gasteiger partial charge in [-0.2, -0.15) is 0 Å². The number of aliphatic hydroxyl groups excluding tert-OH is 1. The fourth-order valence-electron chi connectivity index (χ4n) is 3.84. The van der Waals surface area contributed by atoms with Crippen LogP contribution in [0.15, 0.2) is 24.0 Å². The zero-order valence-corrected chi connectivity index (χ0v) is 18.4. The number of hydrogen-bond acceptors (Lipinski definition) is 3. The van der Waals surface area contributed by atoms with Crippen LogP contribution in [0, 0.1) is 0 Å². The quantitative estimate of drug-likeness (QED) is 0.150. The zero-order chi connectivity index (χ0) is 20.5. The maximum absolute atomic E-state index is 11.5. The van der Waals surface area contributed by atoms with Crippen LogP contribution in [-0.2, 0) is 9.53 Å². The molecule has 1 unspecified atom stereocenters. The average Bonchev–Trinajstić information content (AvgIpc) is 2.92. The lowest BCUT2D eigenvalue weighted by Gasteiger charge is -2.03. The van der Waals surface area contributed by atoms with Crippen molar-refractivity contribution in [2.45, 2.75) is 129 Å². The summed E-state index contributed by atoms with van der Waals surface area (Å²) in [6.07, 6.45) is 24.9. The number of allylic oxidation sites excluding steroid dienone is 1. The fourth-order valence-corrected chi connectivity index (χ4v) is 3.84. The molecule has 28 heavy (non-hydrogen) atoms. The second kappa shape index (κ2) is 16.8. The largest absolute Gasteiger partial charge is 0.425 e. The third kappa shape index (κ3) is 11.7. The Morgan fingerprint density at radius 2 is 1.18 bits per heavy atom. The van der Waals surface area contributed by atoms with Crippen molar-refractivity contribution < 1.29 is 14.6 Å². The van der Waals surface area contributed by atoms with Gasteiger partial charge in [0.1, 0.15) is 11.9 Å². The molecule has 0 bridgehead atoms. The van der Waals surface area contributed by atoms with Crippen LogP contribution in [-0.4, -0.2) is 17.2 Å². The Bertz CT molecular complexity index is 453. The highest BCUT2D eigenvalue weighted by Gasteiger charge is 2.32. The normalized spacial score (nSPS) is 18.2. The maximum atomic E-state index is 11.5. The minimum atomic E-state index is -0.932. The summed E-state index contributed by atoms with van der Waals surface area (Å²) < 4.78 is 4.82. The van der Waals surface area contributed by atoms with Crippen LogP contribution in [0.25, 0.3) is 0 Å². The molecule has 1 N–H and O–H groups in total. The molecule has 0 spiro atoms. The van der Waals surface area contributed by atoms with E-state index in [1.54, 1.807) is 0 Å². The Hall–Kier alpha value is -1.09. The van der Waals surface area contributed by atoms with Gasteiger partial charge in [-0.1, -0.05) is 122 Å². The summed E-state index contributed by atoms with van der Waals surface area (Å²) in [5.41, 5.74) is 0.362. The molecule has 1 heterocycles. The molecule has 0 aromatic carbocycles. The minimum absolute atomic E-state index is 0.152. The highest BCUT2D eigenvalue weighted by molar-refractivity contribution is 5.93. The molecular weight excluding hydrogens is 348 g/mol. The number of ether oxygens (including phenoxy) is 1. The lowest BCUT2D eigenvalue weighted by Crippen LogP contribution is -2.07. The van der Waals surface area contributed by atoms with E-state index >= 15 is 0 Å². The smallest absolute Gasteiger partial charge is 0.341 e. The van der Waals surface area contributed by atoms with Gasteiger partial charge in [-0.15, -0.1) is 0 Å². The standard InChI is InChI=1S/C25H44O3/c1-3-4-5-6-7-8-9-10-11-12-13-14-15-16-17-18-19-20-21-23-24(26)22(2)28-25(23)27/h21,24,26H,2-20H2,1H3. The van der Waals surface area contributed by atoms with Crippen molar-refractivity contribution in [3.8, 4) is 0 Å². The summed E-state index contributed by atoms with van der Waals surface area (Å²) in [6, 6.07) is 0. The van der Waals surface area contributed by atoms with Crippen LogP contribution >= 0.6 is 0 Å². The Morgan fingerprint density at radius 3 is 1.54 bits per heavy atom. The molecule has 0 aromatic heterocycles. The summed E-state index contributed by atoms with van der Waals surface area (Å²) in [4.78, 5) is 11.5. The van der Waals surface area contributed by atoms with Crippen LogP contribution in [0.5, 0.6) is 0 Å². The van der Waals surface area contributed by atoms with Crippen molar-refractivity contribution in [3.05, 3.63) is 24.0 Å². The summed E-state index contributed by atoms with van der Waals surface area (Å²) in [7, 11) is 0. The molecule has 3 heteroatoms. The highest BCUT2D eigenvalue weighted by Crippen LogP contribution is 2.24. The molecule has 0 amide bonds. The number of carbonyl (C=O) groups excluding carboxylic acids is 1. The Morgan fingerprint density at radius 1 is 0.786 bits per heavy atom. The van der Waals surface area contributed by atoms with Gasteiger partial charge in [0.2, 0.25) is 0 Å². The summed E-state index contributed by atoms with van der Waals surface area (Å²) in [5, 5.41) is 9.76. The molecule has 1 rings (SSSR count). The number of aliphatic hydroxyl groups is 1. The Balaban J connectivity index is 1.79. The molecule has 0 saturated carbocycles. The molecule has 1 saturated heterocycles. The SMILES string of the molecule is C=C1OC(=O)C(=CCCCCCCCCCCCCCCCCCCC)C1O. The van der Waals surface area contributed by atoms with Crippen molar-refractivity contribution in [3.63, 3.8) is 0 Å². The van der Waals surface area contributed by atoms with E-state index in [-0.39, 0.29) is 5.76 Å². The van der Waals surface area contributed by atoms with Crippen LogP contribution in [0.4, 0.5) is 0 Å². The molecule has 1 fully saturated rings. The van der Waals surface area contributed by atoms with E-state index in [0.717, 1.165) is 12.8 Å². The van der Waals surface area contributed by atoms with Crippen LogP contribution in [0.2, 0.25) is 0 Å². The second-order valence-corrected chi connectivity index (χ2v) is 8.36. The molecule has 0 radical (unpaired) electrons. The number of rotatable bonds is 18. The molecule has 0 aromatic rings. The maximum Gasteiger partial charge on any atom is 0.341 e. The van der Waals surface area contributed by atoms with E-state index in [0.29, 0.717) is 5.57 Å². The van der Waals surface area contributed by atoms with Gasteiger partial charge in [0.15, 0.2) is 0 Å². The van der Waals surface area contributed by atoms with E-state index in [2.05, 4.69) is 13.5 Å². The summed E-state index contributed by atoms with van der Waals surface area (Å²) in [5.74, 6) is -0.289. The van der Waals surface area contributed by atoms with Crippen molar-refractivity contribution in [2.24, 2.45) is 0 Å². The van der Waals surface area contributed by atoms with Crippen molar-refractivity contribution in [1.82, 2.24) is 0 Å². The van der Waals surface area contributed by atoms with Gasteiger partial charge in [-0.05, 0) is 12.8 Å². The van der Waals surface area contributed by atoms with Crippen LogP contribution < -0.4 is 0 Å². The lowest BCUT2D eigenvalue weighted by molar-refractivity contribution is -0.132. The number of carbonyl (C=O) groups is 1. The lowest BCUT2D eigenvalue weighted by atomic mass is 10.0. The second-order valence-electron chi connectivity index (χ2n) is 8.36. The van der Waals surface area contributed by atoms with Gasteiger partial charge in [0.25, 0.3) is 0 Å². The Labute approximate surface area is 173 Å². The predicted molar refractivity (Wildman–Crippen MR) is 118 cm³/mol. The third-order valence-electron chi connectivity index (χ3n) is 5.73. The third-order valence-corrected chi connectivity index (χ3v) is 5.73. The minimum Gasteiger partial charge on any atom is -0.425 e. The average molecular weight is 393 g/mol. The Kier molecular flexibility index (Phi) is 15.0. The van der Waals surface area contributed by atoms with Gasteiger partial charge in [0, 0.05) is 0 Å². The fraction of sp³-hybridized carbons (Fsp3) is 0.800. The van der Waals surface area contributed by atoms with Gasteiger partial charge in [0.05, 0.1) is 5.57 Å². The number of hydrogen-bond donors (Lipinski definition) is 1. The number of cyclic esters (lactones) is 1. The predicted octanol–water partition coefficient (Wildman–Crippen LogP) is 7.39. The molecule has 3 nitrogen and oxygen atoms in total. The van der Waals surface area contributed by atoms with E-state index in [1.807, 2.05) is 6.08 Å². The molecule has 1 atom stereocenters. The first-order chi connectivity index (χ1) is 13.7. The topological polar surface area (TPSA) is 46.5 Å². The molecule has 1 aliphatic heterocycles. The number of unbranched alkanes of at least 4 members (excludes halogenated alkanes) is 17. The first-order valence-electron chi connectivity index (χ1n) is 12.0. The number of esters is 1. The zero-order valence-electron chi connectivity index (χ0n) is 18.4. The van der Waals surface area contributed by atoms with Gasteiger partial charge in [-0.25, -0.2) is 4.79 Å². The van der Waals surface area contributed by atoms with E-state index in [9.17, 15) is 9.90 Å².